The molecule has 0 radical (unpaired) electrons. The molecule has 1 nitrogen and oxygen atoms in total. The van der Waals surface area contributed by atoms with E-state index < -0.39 is 0 Å². The fraction of sp³-hybridized carbons (Fsp3) is 0.357. The molecule has 16 heavy (non-hydrogen) atoms. The van der Waals surface area contributed by atoms with Crippen LogP contribution < -0.4 is 0 Å². The third-order valence-electron chi connectivity index (χ3n) is 3.88. The van der Waals surface area contributed by atoms with E-state index >= 15 is 0 Å². The summed E-state index contributed by atoms with van der Waals surface area (Å²) < 4.78 is 3.76. The predicted molar refractivity (Wildman–Crippen MR) is 71.4 cm³/mol. The predicted octanol–water partition coefficient (Wildman–Crippen LogP) is 3.93. The van der Waals surface area contributed by atoms with Crippen molar-refractivity contribution < 1.29 is 4.58 Å². The molecule has 1 aliphatic heterocycles. The molecule has 0 bridgehead atoms. The molecule has 2 heterocycles. The molecule has 0 aliphatic carbocycles. The summed E-state index contributed by atoms with van der Waals surface area (Å²) in [5.41, 5.74) is 3.05. The van der Waals surface area contributed by atoms with Crippen molar-refractivity contribution >= 4 is 32.8 Å². The average Bonchev–Trinajstić information content (AvgIpc) is 2.72. The van der Waals surface area contributed by atoms with E-state index in [-0.39, 0.29) is 5.41 Å². The normalized spacial score (nSPS) is 18.2. The van der Waals surface area contributed by atoms with Crippen LogP contribution in [-0.2, 0) is 5.41 Å². The van der Waals surface area contributed by atoms with E-state index in [1.807, 2.05) is 11.3 Å². The first-order valence-electron chi connectivity index (χ1n) is 5.63. The Balaban J connectivity index is 2.47. The van der Waals surface area contributed by atoms with E-state index in [9.17, 15) is 0 Å². The van der Waals surface area contributed by atoms with Gasteiger partial charge in [0.25, 0.3) is 0 Å². The highest BCUT2D eigenvalue weighted by Crippen LogP contribution is 2.48. The van der Waals surface area contributed by atoms with Crippen molar-refractivity contribution in [2.75, 3.05) is 7.05 Å². The Hall–Kier alpha value is -1.15. The molecule has 0 amide bonds. The Labute approximate surface area is 100 Å². The monoisotopic (exact) mass is 230 g/mol. The lowest BCUT2D eigenvalue weighted by atomic mass is 9.88. The zero-order chi connectivity index (χ0) is 11.5. The summed E-state index contributed by atoms with van der Waals surface area (Å²) in [4.78, 5) is 1.51. The molecule has 2 aromatic rings. The molecule has 0 saturated heterocycles. The van der Waals surface area contributed by atoms with Crippen LogP contribution >= 0.6 is 11.3 Å². The minimum absolute atomic E-state index is 0.188. The van der Waals surface area contributed by atoms with E-state index in [1.165, 1.54) is 26.4 Å². The first-order chi connectivity index (χ1) is 7.53. The average molecular weight is 230 g/mol. The molecule has 2 heteroatoms. The van der Waals surface area contributed by atoms with Gasteiger partial charge in [0.2, 0.25) is 5.69 Å². The topological polar surface area (TPSA) is 3.01 Å². The molecule has 0 unspecified atom stereocenters. The third-order valence-corrected chi connectivity index (χ3v) is 5.36. The Bertz CT molecular complexity index is 617. The van der Waals surface area contributed by atoms with Crippen molar-refractivity contribution in [3.63, 3.8) is 0 Å². The number of hydrogen-bond donors (Lipinski definition) is 0. The van der Waals surface area contributed by atoms with Crippen molar-refractivity contribution in [1.82, 2.24) is 0 Å². The number of thiophene rings is 1. The van der Waals surface area contributed by atoms with Gasteiger partial charge in [0.1, 0.15) is 7.05 Å². The zero-order valence-electron chi connectivity index (χ0n) is 10.2. The second-order valence-corrected chi connectivity index (χ2v) is 6.10. The van der Waals surface area contributed by atoms with Crippen LogP contribution in [-0.4, -0.2) is 17.3 Å². The van der Waals surface area contributed by atoms with Crippen LogP contribution in [0.5, 0.6) is 0 Å². The number of nitrogens with zero attached hydrogens (tertiary/aromatic N) is 1. The Morgan fingerprint density at radius 1 is 1.19 bits per heavy atom. The molecule has 1 aromatic heterocycles. The van der Waals surface area contributed by atoms with Gasteiger partial charge in [0, 0.05) is 11.6 Å². The summed E-state index contributed by atoms with van der Waals surface area (Å²) in [6.07, 6.45) is 0. The highest BCUT2D eigenvalue weighted by Gasteiger charge is 2.44. The van der Waals surface area contributed by atoms with Gasteiger partial charge in [-0.05, 0) is 26.0 Å². The summed E-state index contributed by atoms with van der Waals surface area (Å²) in [7, 11) is 2.18. The minimum atomic E-state index is 0.188. The summed E-state index contributed by atoms with van der Waals surface area (Å²) in [5, 5.41) is 1.40. The quantitative estimate of drug-likeness (QED) is 0.603. The van der Waals surface area contributed by atoms with Gasteiger partial charge in [0.05, 0.1) is 15.7 Å². The lowest BCUT2D eigenvalue weighted by molar-refractivity contribution is -0.401. The maximum atomic E-state index is 2.36. The van der Waals surface area contributed by atoms with Crippen molar-refractivity contribution in [1.29, 1.82) is 0 Å². The van der Waals surface area contributed by atoms with Crippen LogP contribution in [0.2, 0.25) is 0 Å². The molecule has 0 spiro atoms. The summed E-state index contributed by atoms with van der Waals surface area (Å²) in [6, 6.07) is 8.70. The summed E-state index contributed by atoms with van der Waals surface area (Å²) in [5.74, 6) is 0. The van der Waals surface area contributed by atoms with E-state index in [1.54, 1.807) is 0 Å². The van der Waals surface area contributed by atoms with Crippen molar-refractivity contribution in [2.45, 2.75) is 26.2 Å². The SMILES string of the molecule is CC1=[N+](C)c2c(sc3ccccc23)C1(C)C. The second-order valence-electron chi connectivity index (χ2n) is 5.05. The second kappa shape index (κ2) is 2.95. The Morgan fingerprint density at radius 3 is 2.62 bits per heavy atom. The fourth-order valence-corrected chi connectivity index (χ4v) is 3.93. The molecule has 0 fully saturated rings. The number of rotatable bonds is 0. The first-order valence-corrected chi connectivity index (χ1v) is 6.45. The van der Waals surface area contributed by atoms with Crippen LogP contribution in [0.3, 0.4) is 0 Å². The van der Waals surface area contributed by atoms with Gasteiger partial charge < -0.3 is 0 Å². The lowest BCUT2D eigenvalue weighted by Gasteiger charge is -2.12. The van der Waals surface area contributed by atoms with Crippen LogP contribution in [0.15, 0.2) is 24.3 Å². The van der Waals surface area contributed by atoms with Gasteiger partial charge in [-0.3, -0.25) is 0 Å². The van der Waals surface area contributed by atoms with E-state index in [0.29, 0.717) is 0 Å². The fourth-order valence-electron chi connectivity index (χ4n) is 2.54. The highest BCUT2D eigenvalue weighted by atomic mass is 32.1. The van der Waals surface area contributed by atoms with Gasteiger partial charge in [-0.2, -0.15) is 0 Å². The number of hydrogen-bond acceptors (Lipinski definition) is 1. The smallest absolute Gasteiger partial charge is 0.201 e. The van der Waals surface area contributed by atoms with Crippen LogP contribution in [0.4, 0.5) is 5.69 Å². The Kier molecular flexibility index (Phi) is 1.85. The molecular formula is C14H16NS+. The molecule has 82 valence electrons. The Morgan fingerprint density at radius 2 is 1.88 bits per heavy atom. The minimum Gasteiger partial charge on any atom is -0.201 e. The van der Waals surface area contributed by atoms with Gasteiger partial charge >= 0.3 is 0 Å². The van der Waals surface area contributed by atoms with Crippen molar-refractivity contribution in [3.05, 3.63) is 29.1 Å². The van der Waals surface area contributed by atoms with E-state index in [4.69, 9.17) is 0 Å². The highest BCUT2D eigenvalue weighted by molar-refractivity contribution is 7.20. The third kappa shape index (κ3) is 1.03. The van der Waals surface area contributed by atoms with Crippen LogP contribution in [0.1, 0.15) is 25.6 Å². The van der Waals surface area contributed by atoms with E-state index in [2.05, 4.69) is 56.7 Å². The number of fused-ring (bicyclic) bond motifs is 3. The van der Waals surface area contributed by atoms with Gasteiger partial charge in [0.15, 0.2) is 5.71 Å². The maximum Gasteiger partial charge on any atom is 0.228 e. The van der Waals surface area contributed by atoms with Crippen LogP contribution in [0, 0.1) is 0 Å². The van der Waals surface area contributed by atoms with Gasteiger partial charge in [-0.1, -0.05) is 12.1 Å². The number of benzene rings is 1. The van der Waals surface area contributed by atoms with Crippen molar-refractivity contribution in [3.8, 4) is 0 Å². The molecule has 0 saturated carbocycles. The molecule has 1 aromatic carbocycles. The van der Waals surface area contributed by atoms with Gasteiger partial charge in [-0.15, -0.1) is 11.3 Å². The maximum absolute atomic E-state index is 2.36. The summed E-state index contributed by atoms with van der Waals surface area (Å²) >= 11 is 1.94. The molecular weight excluding hydrogens is 214 g/mol. The summed E-state index contributed by atoms with van der Waals surface area (Å²) in [6.45, 7) is 6.88. The lowest BCUT2D eigenvalue weighted by Crippen LogP contribution is -2.24. The zero-order valence-corrected chi connectivity index (χ0v) is 11.0. The van der Waals surface area contributed by atoms with Gasteiger partial charge in [-0.25, -0.2) is 4.58 Å². The van der Waals surface area contributed by atoms with Crippen molar-refractivity contribution in [2.24, 2.45) is 0 Å². The van der Waals surface area contributed by atoms with E-state index in [0.717, 1.165) is 0 Å². The largest absolute Gasteiger partial charge is 0.228 e. The standard InChI is InChI=1S/C14H16NS/c1-9-14(2,3)13-12(15(9)4)10-7-5-6-8-11(10)16-13/h5-8H,1-4H3/q+1. The first kappa shape index (κ1) is 10.0. The molecule has 3 rings (SSSR count). The molecule has 0 N–H and O–H groups in total. The molecule has 0 atom stereocenters. The molecule has 1 aliphatic rings. The van der Waals surface area contributed by atoms with Crippen LogP contribution in [0.25, 0.3) is 10.1 Å².